The van der Waals surface area contributed by atoms with Crippen LogP contribution in [0.25, 0.3) is 0 Å². The molecule has 1 rings (SSSR count). The Labute approximate surface area is 87.5 Å². The SMILES string of the molecule is CC(Cl)CCNc1ncc(Cl)cn1. The molecule has 13 heavy (non-hydrogen) atoms. The highest BCUT2D eigenvalue weighted by molar-refractivity contribution is 6.30. The fourth-order valence-electron chi connectivity index (χ4n) is 0.786. The van der Waals surface area contributed by atoms with E-state index in [1.165, 1.54) is 0 Å². The third-order valence-corrected chi connectivity index (χ3v) is 1.86. The molecule has 1 unspecified atom stereocenters. The van der Waals surface area contributed by atoms with Gasteiger partial charge in [0.25, 0.3) is 0 Å². The van der Waals surface area contributed by atoms with Crippen LogP contribution in [0.5, 0.6) is 0 Å². The maximum atomic E-state index is 5.77. The van der Waals surface area contributed by atoms with Gasteiger partial charge >= 0.3 is 0 Å². The molecule has 1 heterocycles. The summed E-state index contributed by atoms with van der Waals surface area (Å²) in [5, 5.41) is 3.74. The minimum atomic E-state index is 0.166. The van der Waals surface area contributed by atoms with Gasteiger partial charge in [0.15, 0.2) is 0 Å². The first-order chi connectivity index (χ1) is 6.18. The van der Waals surface area contributed by atoms with Crippen molar-refractivity contribution in [3.05, 3.63) is 17.4 Å². The molecule has 0 aliphatic carbocycles. The Kier molecular flexibility index (Phi) is 4.25. The van der Waals surface area contributed by atoms with Crippen LogP contribution in [0.1, 0.15) is 13.3 Å². The van der Waals surface area contributed by atoms with Gasteiger partial charge in [0, 0.05) is 11.9 Å². The topological polar surface area (TPSA) is 37.8 Å². The third-order valence-electron chi connectivity index (χ3n) is 1.45. The number of aromatic nitrogens is 2. The molecule has 0 aliphatic rings. The normalized spacial score (nSPS) is 12.5. The number of halogens is 2. The summed E-state index contributed by atoms with van der Waals surface area (Å²) < 4.78 is 0. The molecule has 0 fully saturated rings. The number of alkyl halides is 1. The Bertz CT molecular complexity index is 248. The van der Waals surface area contributed by atoms with Crippen LogP contribution in [0.3, 0.4) is 0 Å². The highest BCUT2D eigenvalue weighted by Crippen LogP contribution is 2.06. The Balaban J connectivity index is 2.33. The molecule has 0 saturated carbocycles. The van der Waals surface area contributed by atoms with Gasteiger partial charge in [-0.3, -0.25) is 0 Å². The van der Waals surface area contributed by atoms with E-state index < -0.39 is 0 Å². The van der Waals surface area contributed by atoms with Crippen LogP contribution >= 0.6 is 23.2 Å². The standard InChI is InChI=1S/C8H11Cl2N3/c1-6(9)2-3-11-8-12-4-7(10)5-13-8/h4-6H,2-3H2,1H3,(H,11,12,13). The Hall–Kier alpha value is -0.540. The number of nitrogens with one attached hydrogen (secondary N) is 1. The van der Waals surface area contributed by atoms with E-state index in [0.717, 1.165) is 13.0 Å². The smallest absolute Gasteiger partial charge is 0.222 e. The molecule has 1 N–H and O–H groups in total. The van der Waals surface area contributed by atoms with E-state index in [0.29, 0.717) is 11.0 Å². The van der Waals surface area contributed by atoms with Crippen LogP contribution in [-0.4, -0.2) is 21.9 Å². The molecule has 0 spiro atoms. The molecule has 0 radical (unpaired) electrons. The molecule has 0 saturated heterocycles. The van der Waals surface area contributed by atoms with Crippen LogP contribution in [0.2, 0.25) is 5.02 Å². The Morgan fingerprint density at radius 2 is 2.08 bits per heavy atom. The molecule has 1 aromatic heterocycles. The first-order valence-corrected chi connectivity index (χ1v) is 4.85. The van der Waals surface area contributed by atoms with E-state index in [2.05, 4.69) is 15.3 Å². The van der Waals surface area contributed by atoms with Gasteiger partial charge < -0.3 is 5.32 Å². The second kappa shape index (κ2) is 5.25. The van der Waals surface area contributed by atoms with Crippen molar-refractivity contribution >= 4 is 29.2 Å². The van der Waals surface area contributed by atoms with Crippen LogP contribution in [0.15, 0.2) is 12.4 Å². The molecule has 3 nitrogen and oxygen atoms in total. The molecule has 5 heteroatoms. The van der Waals surface area contributed by atoms with Crippen LogP contribution in [0, 0.1) is 0 Å². The second-order valence-electron chi connectivity index (χ2n) is 2.72. The van der Waals surface area contributed by atoms with Gasteiger partial charge in [-0.1, -0.05) is 11.6 Å². The van der Waals surface area contributed by atoms with E-state index in [9.17, 15) is 0 Å². The van der Waals surface area contributed by atoms with Gasteiger partial charge in [0.1, 0.15) is 0 Å². The van der Waals surface area contributed by atoms with E-state index in [1.54, 1.807) is 12.4 Å². The molecule has 1 atom stereocenters. The zero-order valence-corrected chi connectivity index (χ0v) is 8.81. The molecule has 0 aromatic carbocycles. The van der Waals surface area contributed by atoms with Gasteiger partial charge in [0.05, 0.1) is 17.4 Å². The summed E-state index contributed by atoms with van der Waals surface area (Å²) in [6, 6.07) is 0. The lowest BCUT2D eigenvalue weighted by molar-refractivity contribution is 0.834. The maximum Gasteiger partial charge on any atom is 0.222 e. The van der Waals surface area contributed by atoms with Crippen molar-refractivity contribution in [3.8, 4) is 0 Å². The minimum Gasteiger partial charge on any atom is -0.354 e. The Morgan fingerprint density at radius 3 is 2.62 bits per heavy atom. The highest BCUT2D eigenvalue weighted by atomic mass is 35.5. The monoisotopic (exact) mass is 219 g/mol. The number of anilines is 1. The number of hydrogen-bond donors (Lipinski definition) is 1. The maximum absolute atomic E-state index is 5.77. The molecular weight excluding hydrogens is 209 g/mol. The zero-order chi connectivity index (χ0) is 9.68. The summed E-state index contributed by atoms with van der Waals surface area (Å²) in [6.07, 6.45) is 4.00. The van der Waals surface area contributed by atoms with Crippen molar-refractivity contribution in [3.63, 3.8) is 0 Å². The van der Waals surface area contributed by atoms with Crippen LogP contribution in [0.4, 0.5) is 5.95 Å². The lowest BCUT2D eigenvalue weighted by Crippen LogP contribution is -2.08. The van der Waals surface area contributed by atoms with Crippen molar-refractivity contribution in [2.24, 2.45) is 0 Å². The fraction of sp³-hybridized carbons (Fsp3) is 0.500. The molecule has 72 valence electrons. The lowest BCUT2D eigenvalue weighted by atomic mass is 10.3. The average Bonchev–Trinajstić information content (AvgIpc) is 2.08. The second-order valence-corrected chi connectivity index (χ2v) is 3.90. The number of rotatable bonds is 4. The largest absolute Gasteiger partial charge is 0.354 e. The van der Waals surface area contributed by atoms with Crippen molar-refractivity contribution in [1.29, 1.82) is 0 Å². The quantitative estimate of drug-likeness (QED) is 0.792. The van der Waals surface area contributed by atoms with Crippen molar-refractivity contribution < 1.29 is 0 Å². The summed E-state index contributed by atoms with van der Waals surface area (Å²) in [6.45, 7) is 2.72. The Morgan fingerprint density at radius 1 is 1.46 bits per heavy atom. The van der Waals surface area contributed by atoms with Gasteiger partial charge in [-0.05, 0) is 13.3 Å². The zero-order valence-electron chi connectivity index (χ0n) is 7.30. The number of hydrogen-bond acceptors (Lipinski definition) is 3. The predicted octanol–water partition coefficient (Wildman–Crippen LogP) is 2.56. The van der Waals surface area contributed by atoms with Gasteiger partial charge in [-0.25, -0.2) is 9.97 Å². The molecule has 0 bridgehead atoms. The first-order valence-electron chi connectivity index (χ1n) is 4.04. The van der Waals surface area contributed by atoms with Crippen molar-refractivity contribution in [1.82, 2.24) is 9.97 Å². The fourth-order valence-corrected chi connectivity index (χ4v) is 0.993. The molecular formula is C8H11Cl2N3. The first kappa shape index (κ1) is 10.5. The van der Waals surface area contributed by atoms with E-state index >= 15 is 0 Å². The summed E-state index contributed by atoms with van der Waals surface area (Å²) in [5.41, 5.74) is 0. The predicted molar refractivity (Wildman–Crippen MR) is 55.5 cm³/mol. The summed E-state index contributed by atoms with van der Waals surface area (Å²) in [4.78, 5) is 7.96. The van der Waals surface area contributed by atoms with Gasteiger partial charge in [-0.2, -0.15) is 0 Å². The third kappa shape index (κ3) is 4.29. The molecule has 0 aliphatic heterocycles. The average molecular weight is 220 g/mol. The summed E-state index contributed by atoms with van der Waals surface area (Å²) >= 11 is 11.4. The highest BCUT2D eigenvalue weighted by Gasteiger charge is 1.97. The number of nitrogens with zero attached hydrogens (tertiary/aromatic N) is 2. The van der Waals surface area contributed by atoms with E-state index in [-0.39, 0.29) is 5.38 Å². The van der Waals surface area contributed by atoms with E-state index in [4.69, 9.17) is 23.2 Å². The lowest BCUT2D eigenvalue weighted by Gasteiger charge is -2.04. The summed E-state index contributed by atoms with van der Waals surface area (Å²) in [5.74, 6) is 0.585. The molecule has 1 aromatic rings. The van der Waals surface area contributed by atoms with Gasteiger partial charge in [0.2, 0.25) is 5.95 Å². The minimum absolute atomic E-state index is 0.166. The van der Waals surface area contributed by atoms with Crippen molar-refractivity contribution in [2.75, 3.05) is 11.9 Å². The van der Waals surface area contributed by atoms with Crippen LogP contribution < -0.4 is 5.32 Å². The van der Waals surface area contributed by atoms with E-state index in [1.807, 2.05) is 6.92 Å². The van der Waals surface area contributed by atoms with Crippen molar-refractivity contribution in [2.45, 2.75) is 18.7 Å². The van der Waals surface area contributed by atoms with Crippen LogP contribution in [-0.2, 0) is 0 Å². The van der Waals surface area contributed by atoms with Gasteiger partial charge in [-0.15, -0.1) is 11.6 Å². The molecule has 0 amide bonds. The summed E-state index contributed by atoms with van der Waals surface area (Å²) in [7, 11) is 0.